The number of aliphatic hydroxyl groups excluding tert-OH is 1. The first-order valence-corrected chi connectivity index (χ1v) is 11.6. The maximum absolute atomic E-state index is 11.4. The van der Waals surface area contributed by atoms with Gasteiger partial charge in [0.2, 0.25) is 0 Å². The quantitative estimate of drug-likeness (QED) is 0.718. The van der Waals surface area contributed by atoms with Crippen LogP contribution in [0.3, 0.4) is 0 Å². The highest BCUT2D eigenvalue weighted by atomic mass is 16.8. The van der Waals surface area contributed by atoms with E-state index in [4.69, 9.17) is 29.4 Å². The molecule has 0 amide bonds. The molecule has 2 heterocycles. The number of hydrogen-bond donors (Lipinski definition) is 2. The summed E-state index contributed by atoms with van der Waals surface area (Å²) in [7, 11) is 0. The van der Waals surface area contributed by atoms with Gasteiger partial charge in [-0.3, -0.25) is 0 Å². The summed E-state index contributed by atoms with van der Waals surface area (Å²) in [5.74, 6) is -1.56. The molecule has 2 aromatic carbocycles. The van der Waals surface area contributed by atoms with Crippen LogP contribution >= 0.6 is 0 Å². The third-order valence-electron chi connectivity index (χ3n) is 7.16. The van der Waals surface area contributed by atoms with Crippen LogP contribution in [0, 0.1) is 0 Å². The lowest BCUT2D eigenvalue weighted by atomic mass is 9.80. The predicted molar refractivity (Wildman–Crippen MR) is 119 cm³/mol. The Morgan fingerprint density at radius 3 is 1.85 bits per heavy atom. The highest BCUT2D eigenvalue weighted by Crippen LogP contribution is 2.52. The lowest BCUT2D eigenvalue weighted by Gasteiger charge is -2.43. The van der Waals surface area contributed by atoms with Crippen molar-refractivity contribution in [1.82, 2.24) is 0 Å². The number of fused-ring (bicyclic) bond motifs is 6. The molecule has 2 aliphatic heterocycles. The van der Waals surface area contributed by atoms with Crippen LogP contribution in [0.1, 0.15) is 74.3 Å². The van der Waals surface area contributed by atoms with Crippen molar-refractivity contribution in [2.45, 2.75) is 88.0 Å². The van der Waals surface area contributed by atoms with E-state index in [1.165, 1.54) is 0 Å². The molecule has 0 unspecified atom stereocenters. The van der Waals surface area contributed by atoms with E-state index >= 15 is 0 Å². The van der Waals surface area contributed by atoms with Crippen LogP contribution in [-0.4, -0.2) is 41.1 Å². The van der Waals surface area contributed by atoms with E-state index in [9.17, 15) is 5.11 Å². The molecule has 7 nitrogen and oxygen atoms in total. The third-order valence-corrected chi connectivity index (χ3v) is 7.16. The topological polar surface area (TPSA) is 92.4 Å². The van der Waals surface area contributed by atoms with Gasteiger partial charge in [0.05, 0.1) is 6.04 Å². The van der Waals surface area contributed by atoms with E-state index in [0.29, 0.717) is 0 Å². The molecule has 0 aromatic heterocycles. The van der Waals surface area contributed by atoms with Crippen molar-refractivity contribution < 1.29 is 28.8 Å². The monoisotopic (exact) mass is 453 g/mol. The highest BCUT2D eigenvalue weighted by Gasteiger charge is 2.56. The fourth-order valence-electron chi connectivity index (χ4n) is 5.87. The Morgan fingerprint density at radius 1 is 0.727 bits per heavy atom. The second-order valence-corrected chi connectivity index (χ2v) is 10.3. The van der Waals surface area contributed by atoms with Gasteiger partial charge >= 0.3 is 0 Å². The molecule has 176 valence electrons. The minimum absolute atomic E-state index is 0.297. The first-order valence-electron chi connectivity index (χ1n) is 11.6. The molecule has 0 saturated carbocycles. The van der Waals surface area contributed by atoms with Gasteiger partial charge in [0.25, 0.3) is 0 Å². The number of rotatable bonds is 2. The highest BCUT2D eigenvalue weighted by molar-refractivity contribution is 5.39. The van der Waals surface area contributed by atoms with E-state index in [-0.39, 0.29) is 12.2 Å². The fourth-order valence-corrected chi connectivity index (χ4v) is 5.87. The molecule has 3 N–H and O–H groups in total. The molecule has 0 radical (unpaired) electrons. The number of benzene rings is 2. The third kappa shape index (κ3) is 3.38. The molecule has 2 aromatic rings. The summed E-state index contributed by atoms with van der Waals surface area (Å²) >= 11 is 0. The summed E-state index contributed by atoms with van der Waals surface area (Å²) in [6.45, 7) is 7.52. The number of ether oxygens (including phenoxy) is 5. The van der Waals surface area contributed by atoms with Crippen LogP contribution in [0.4, 0.5) is 0 Å². The minimum Gasteiger partial charge on any atom is -0.387 e. The molecule has 0 spiro atoms. The first kappa shape index (κ1) is 21.7. The smallest absolute Gasteiger partial charge is 0.164 e. The summed E-state index contributed by atoms with van der Waals surface area (Å²) in [4.78, 5) is 0. The molecule has 6 rings (SSSR count). The number of nitrogens with two attached hydrogens (primary N) is 1. The zero-order valence-electron chi connectivity index (χ0n) is 19.3. The van der Waals surface area contributed by atoms with Gasteiger partial charge in [0, 0.05) is 0 Å². The second-order valence-electron chi connectivity index (χ2n) is 10.3. The van der Waals surface area contributed by atoms with E-state index in [1.54, 1.807) is 0 Å². The summed E-state index contributed by atoms with van der Waals surface area (Å²) in [5, 5.41) is 11.4. The zero-order chi connectivity index (χ0) is 23.1. The average Bonchev–Trinajstić information content (AvgIpc) is 3.28. The Bertz CT molecular complexity index is 1070. The Balaban J connectivity index is 1.39. The normalized spacial score (nSPS) is 39.9. The molecular weight excluding hydrogens is 422 g/mol. The molecule has 4 aliphatic rings. The summed E-state index contributed by atoms with van der Waals surface area (Å²) in [5.41, 5.74) is 10.6. The van der Waals surface area contributed by atoms with Gasteiger partial charge in [0.1, 0.15) is 42.7 Å². The fraction of sp³-hybridized carbons (Fsp3) is 0.538. The Labute approximate surface area is 193 Å². The predicted octanol–water partition coefficient (Wildman–Crippen LogP) is 3.59. The maximum Gasteiger partial charge on any atom is 0.164 e. The summed E-state index contributed by atoms with van der Waals surface area (Å²) in [6.07, 6.45) is -3.69. The first-order chi connectivity index (χ1) is 15.7. The summed E-state index contributed by atoms with van der Waals surface area (Å²) in [6, 6.07) is 15.5. The van der Waals surface area contributed by atoms with Gasteiger partial charge < -0.3 is 34.5 Å². The van der Waals surface area contributed by atoms with Gasteiger partial charge in [-0.2, -0.15) is 0 Å². The van der Waals surface area contributed by atoms with Crippen LogP contribution < -0.4 is 5.73 Å². The van der Waals surface area contributed by atoms with Crippen molar-refractivity contribution in [3.05, 3.63) is 70.8 Å². The Kier molecular flexibility index (Phi) is 4.81. The molecule has 8 atom stereocenters. The molecule has 2 aliphatic carbocycles. The van der Waals surface area contributed by atoms with Crippen LogP contribution in [0.25, 0.3) is 0 Å². The van der Waals surface area contributed by atoms with E-state index < -0.39 is 48.1 Å². The minimum atomic E-state index is -0.926. The molecule has 2 saturated heterocycles. The molecular formula is C26H31NO6. The van der Waals surface area contributed by atoms with E-state index in [2.05, 4.69) is 0 Å². The molecule has 33 heavy (non-hydrogen) atoms. The van der Waals surface area contributed by atoms with Crippen molar-refractivity contribution in [2.24, 2.45) is 5.73 Å². The molecule has 7 heteroatoms. The number of aliphatic hydroxyl groups is 1. The van der Waals surface area contributed by atoms with Crippen LogP contribution in [0.2, 0.25) is 0 Å². The van der Waals surface area contributed by atoms with Crippen molar-refractivity contribution >= 4 is 0 Å². The van der Waals surface area contributed by atoms with Crippen molar-refractivity contribution in [3.63, 3.8) is 0 Å². The molecule has 2 fully saturated rings. The average molecular weight is 454 g/mol. The second kappa shape index (κ2) is 7.33. The Morgan fingerprint density at radius 2 is 1.21 bits per heavy atom. The van der Waals surface area contributed by atoms with Gasteiger partial charge in [-0.25, -0.2) is 0 Å². The van der Waals surface area contributed by atoms with Gasteiger partial charge in [-0.05, 0) is 49.9 Å². The van der Waals surface area contributed by atoms with Crippen molar-refractivity contribution in [1.29, 1.82) is 0 Å². The molecule has 0 bridgehead atoms. The van der Waals surface area contributed by atoms with Gasteiger partial charge in [-0.15, -0.1) is 0 Å². The summed E-state index contributed by atoms with van der Waals surface area (Å²) < 4.78 is 31.5. The van der Waals surface area contributed by atoms with Crippen LogP contribution in [0.5, 0.6) is 0 Å². The van der Waals surface area contributed by atoms with Crippen LogP contribution in [-0.2, 0) is 23.7 Å². The van der Waals surface area contributed by atoms with Gasteiger partial charge in [-0.1, -0.05) is 48.5 Å². The standard InChI is InChI=1S/C26H31NO6/c1-25(2)30-20-16-12-8-7-11-15(16)19(18(28)23(20)32-25)29-22-17(27)13-9-5-6-10-14(13)21-24(22)33-26(3,4)31-21/h5-12,17-24,28H,27H2,1-4H3/t17-,18+,19-,20+,21+,22+,23-,24+/m0/s1. The largest absolute Gasteiger partial charge is 0.387 e. The van der Waals surface area contributed by atoms with Crippen molar-refractivity contribution in [3.8, 4) is 0 Å². The lowest BCUT2D eigenvalue weighted by Crippen LogP contribution is -2.50. The lowest BCUT2D eigenvalue weighted by molar-refractivity contribution is -0.194. The maximum atomic E-state index is 11.4. The van der Waals surface area contributed by atoms with E-state index in [0.717, 1.165) is 22.3 Å². The number of hydrogen-bond acceptors (Lipinski definition) is 7. The van der Waals surface area contributed by atoms with Crippen LogP contribution in [0.15, 0.2) is 48.5 Å². The van der Waals surface area contributed by atoms with E-state index in [1.807, 2.05) is 76.2 Å². The SMILES string of the molecule is CC1(C)O[C@H]2[C@H](O)[C@@H](O[C@H]3[C@@H]4OC(C)(C)O[C@@H]4c4ccccc4[C@@H]3N)c3ccccc3[C@H]2O1. The van der Waals surface area contributed by atoms with Crippen molar-refractivity contribution in [2.75, 3.05) is 0 Å². The Hall–Kier alpha value is -1.84. The van der Waals surface area contributed by atoms with Gasteiger partial charge in [0.15, 0.2) is 11.6 Å². The zero-order valence-corrected chi connectivity index (χ0v) is 19.3.